The minimum Gasteiger partial charge on any atom is -0.399 e. The molecule has 94 valence electrons. The molecule has 1 rings (SSSR count). The molecule has 1 aromatic rings. The fourth-order valence-electron chi connectivity index (χ4n) is 1.78. The van der Waals surface area contributed by atoms with Gasteiger partial charge in [-0.1, -0.05) is 24.9 Å². The second-order valence-electron chi connectivity index (χ2n) is 4.83. The van der Waals surface area contributed by atoms with Crippen molar-refractivity contribution in [1.82, 2.24) is 5.32 Å². The van der Waals surface area contributed by atoms with Gasteiger partial charge in [0.2, 0.25) is 0 Å². The smallest absolute Gasteiger partial charge is 0.253 e. The lowest BCUT2D eigenvalue weighted by molar-refractivity contribution is 0.0909. The molecular weight excluding hydrogens is 236 g/mol. The average molecular weight is 255 g/mol. The summed E-state index contributed by atoms with van der Waals surface area (Å²) >= 11 is 5.99. The van der Waals surface area contributed by atoms with Crippen LogP contribution in [-0.4, -0.2) is 11.4 Å². The van der Waals surface area contributed by atoms with E-state index in [0.717, 1.165) is 12.8 Å². The fourth-order valence-corrected chi connectivity index (χ4v) is 2.05. The molecule has 0 bridgehead atoms. The zero-order valence-electron chi connectivity index (χ0n) is 10.5. The van der Waals surface area contributed by atoms with Crippen molar-refractivity contribution >= 4 is 23.2 Å². The van der Waals surface area contributed by atoms with Gasteiger partial charge < -0.3 is 11.1 Å². The van der Waals surface area contributed by atoms with E-state index >= 15 is 0 Å². The Labute approximate surface area is 107 Å². The summed E-state index contributed by atoms with van der Waals surface area (Å²) in [5.74, 6) is -0.159. The lowest BCUT2D eigenvalue weighted by Crippen LogP contribution is -2.43. The van der Waals surface area contributed by atoms with Gasteiger partial charge >= 0.3 is 0 Å². The van der Waals surface area contributed by atoms with Gasteiger partial charge in [0.05, 0.1) is 10.6 Å². The van der Waals surface area contributed by atoms with Crippen LogP contribution in [0.1, 0.15) is 44.0 Å². The van der Waals surface area contributed by atoms with E-state index in [2.05, 4.69) is 12.2 Å². The Morgan fingerprint density at radius 3 is 2.65 bits per heavy atom. The molecular formula is C13H19ClN2O. The van der Waals surface area contributed by atoms with Crippen molar-refractivity contribution in [2.75, 3.05) is 5.73 Å². The Kier molecular flexibility index (Phi) is 4.40. The van der Waals surface area contributed by atoms with Gasteiger partial charge in [0.25, 0.3) is 5.91 Å². The average Bonchev–Trinajstić information content (AvgIpc) is 2.15. The normalized spacial score (nSPS) is 11.3. The summed E-state index contributed by atoms with van der Waals surface area (Å²) in [6.07, 6.45) is 1.94. The van der Waals surface area contributed by atoms with E-state index < -0.39 is 0 Å². The Balaban J connectivity index is 2.83. The molecule has 0 saturated carbocycles. The molecule has 4 heteroatoms. The number of benzene rings is 1. The number of hydrogen-bond acceptors (Lipinski definition) is 2. The van der Waals surface area contributed by atoms with Crippen LogP contribution in [0.25, 0.3) is 0 Å². The number of halogens is 1. The summed E-state index contributed by atoms with van der Waals surface area (Å²) in [5.41, 5.74) is 6.38. The molecule has 3 nitrogen and oxygen atoms in total. The minimum absolute atomic E-state index is 0.159. The summed E-state index contributed by atoms with van der Waals surface area (Å²) < 4.78 is 0. The molecule has 0 heterocycles. The molecule has 0 radical (unpaired) electrons. The van der Waals surface area contributed by atoms with Crippen molar-refractivity contribution in [2.24, 2.45) is 0 Å². The monoisotopic (exact) mass is 254 g/mol. The lowest BCUT2D eigenvalue weighted by atomic mass is 9.98. The first kappa shape index (κ1) is 13.8. The van der Waals surface area contributed by atoms with Gasteiger partial charge in [-0.2, -0.15) is 0 Å². The quantitative estimate of drug-likeness (QED) is 0.811. The highest BCUT2D eigenvalue weighted by Gasteiger charge is 2.21. The van der Waals surface area contributed by atoms with Gasteiger partial charge in [0, 0.05) is 11.2 Å². The second kappa shape index (κ2) is 5.41. The van der Waals surface area contributed by atoms with Gasteiger partial charge in [-0.15, -0.1) is 0 Å². The van der Waals surface area contributed by atoms with E-state index in [4.69, 9.17) is 17.3 Å². The van der Waals surface area contributed by atoms with Crippen LogP contribution in [0.3, 0.4) is 0 Å². The third-order valence-electron chi connectivity index (χ3n) is 2.56. The van der Waals surface area contributed by atoms with E-state index in [-0.39, 0.29) is 11.4 Å². The van der Waals surface area contributed by atoms with Crippen LogP contribution in [0, 0.1) is 0 Å². The summed E-state index contributed by atoms with van der Waals surface area (Å²) in [5, 5.41) is 3.35. The second-order valence-corrected chi connectivity index (χ2v) is 5.23. The number of nitrogens with one attached hydrogen (secondary N) is 1. The number of nitrogens with two attached hydrogens (primary N) is 1. The van der Waals surface area contributed by atoms with Crippen LogP contribution in [-0.2, 0) is 0 Å². The maximum Gasteiger partial charge on any atom is 0.253 e. The standard InChI is InChI=1S/C13H19ClN2O/c1-4-7-13(2,3)16-12(17)10-6-5-9(15)8-11(10)14/h5-6,8H,4,7,15H2,1-3H3,(H,16,17). The molecule has 3 N–H and O–H groups in total. The SMILES string of the molecule is CCCC(C)(C)NC(=O)c1ccc(N)cc1Cl. The molecule has 0 fully saturated rings. The van der Waals surface area contributed by atoms with Crippen LogP contribution in [0.4, 0.5) is 5.69 Å². The van der Waals surface area contributed by atoms with Crippen LogP contribution in [0.2, 0.25) is 5.02 Å². The molecule has 0 aliphatic heterocycles. The Morgan fingerprint density at radius 1 is 1.47 bits per heavy atom. The molecule has 0 unspecified atom stereocenters. The van der Waals surface area contributed by atoms with Gasteiger partial charge in [0.15, 0.2) is 0 Å². The number of anilines is 1. The van der Waals surface area contributed by atoms with Gasteiger partial charge in [-0.05, 0) is 38.5 Å². The highest BCUT2D eigenvalue weighted by atomic mass is 35.5. The maximum atomic E-state index is 12.0. The fraction of sp³-hybridized carbons (Fsp3) is 0.462. The van der Waals surface area contributed by atoms with Crippen molar-refractivity contribution in [3.8, 4) is 0 Å². The van der Waals surface area contributed by atoms with E-state index in [1.807, 2.05) is 13.8 Å². The Bertz CT molecular complexity index is 416. The van der Waals surface area contributed by atoms with E-state index in [0.29, 0.717) is 16.3 Å². The summed E-state index contributed by atoms with van der Waals surface area (Å²) in [6.45, 7) is 6.09. The third-order valence-corrected chi connectivity index (χ3v) is 2.88. The Morgan fingerprint density at radius 2 is 2.12 bits per heavy atom. The van der Waals surface area contributed by atoms with E-state index in [1.165, 1.54) is 0 Å². The number of hydrogen-bond donors (Lipinski definition) is 2. The molecule has 1 aromatic carbocycles. The first-order valence-corrected chi connectivity index (χ1v) is 6.11. The molecule has 0 spiro atoms. The largest absolute Gasteiger partial charge is 0.399 e. The molecule has 17 heavy (non-hydrogen) atoms. The van der Waals surface area contributed by atoms with Crippen molar-refractivity contribution in [3.63, 3.8) is 0 Å². The summed E-state index contributed by atoms with van der Waals surface area (Å²) in [4.78, 5) is 12.0. The molecule has 1 amide bonds. The van der Waals surface area contributed by atoms with Gasteiger partial charge in [0.1, 0.15) is 0 Å². The number of nitrogen functional groups attached to an aromatic ring is 1. The predicted molar refractivity (Wildman–Crippen MR) is 72.3 cm³/mol. The van der Waals surface area contributed by atoms with Crippen molar-refractivity contribution in [1.29, 1.82) is 0 Å². The third kappa shape index (κ3) is 3.93. The lowest BCUT2D eigenvalue weighted by Gasteiger charge is -2.26. The summed E-state index contributed by atoms with van der Waals surface area (Å²) in [7, 11) is 0. The maximum absolute atomic E-state index is 12.0. The zero-order chi connectivity index (χ0) is 13.1. The van der Waals surface area contributed by atoms with E-state index in [1.54, 1.807) is 18.2 Å². The molecule has 0 atom stereocenters. The topological polar surface area (TPSA) is 55.1 Å². The minimum atomic E-state index is -0.226. The van der Waals surface area contributed by atoms with Crippen molar-refractivity contribution < 1.29 is 4.79 Å². The highest BCUT2D eigenvalue weighted by Crippen LogP contribution is 2.20. The number of carbonyl (C=O) groups is 1. The van der Waals surface area contributed by atoms with Gasteiger partial charge in [-0.25, -0.2) is 0 Å². The first-order chi connectivity index (χ1) is 7.85. The summed E-state index contributed by atoms with van der Waals surface area (Å²) in [6, 6.07) is 4.91. The molecule has 0 aliphatic rings. The molecule has 0 aromatic heterocycles. The van der Waals surface area contributed by atoms with Crippen molar-refractivity contribution in [3.05, 3.63) is 28.8 Å². The van der Waals surface area contributed by atoms with Crippen LogP contribution in [0.5, 0.6) is 0 Å². The van der Waals surface area contributed by atoms with Crippen LogP contribution in [0.15, 0.2) is 18.2 Å². The van der Waals surface area contributed by atoms with E-state index in [9.17, 15) is 4.79 Å². The van der Waals surface area contributed by atoms with Crippen molar-refractivity contribution in [2.45, 2.75) is 39.2 Å². The Hall–Kier alpha value is -1.22. The number of amides is 1. The molecule has 0 saturated heterocycles. The highest BCUT2D eigenvalue weighted by molar-refractivity contribution is 6.34. The van der Waals surface area contributed by atoms with Crippen LogP contribution >= 0.6 is 11.6 Å². The van der Waals surface area contributed by atoms with Crippen LogP contribution < -0.4 is 11.1 Å². The predicted octanol–water partition coefficient (Wildman–Crippen LogP) is 3.23. The zero-order valence-corrected chi connectivity index (χ0v) is 11.3. The van der Waals surface area contributed by atoms with Gasteiger partial charge in [-0.3, -0.25) is 4.79 Å². The number of rotatable bonds is 4. The molecule has 0 aliphatic carbocycles. The first-order valence-electron chi connectivity index (χ1n) is 5.73. The number of carbonyl (C=O) groups excluding carboxylic acids is 1.